The van der Waals surface area contributed by atoms with Gasteiger partial charge in [-0.25, -0.2) is 4.79 Å². The van der Waals surface area contributed by atoms with Gasteiger partial charge in [0.15, 0.2) is 5.11 Å². The number of carbonyl (C=O) groups excluding carboxylic acids is 1. The van der Waals surface area contributed by atoms with Crippen molar-refractivity contribution in [2.75, 3.05) is 0 Å². The standard InChI is InChI=1S/C4H6N4OS/c9-3-5-1-2(6-3)8-4(10)7-1/h1-2H,(H2,5,6,9)(H2,7,8,10)/t1-,2-/m0/s1. The molecule has 2 amide bonds. The lowest BCUT2D eigenvalue weighted by Crippen LogP contribution is -2.39. The molecular formula is C4H6N4OS. The highest BCUT2D eigenvalue weighted by molar-refractivity contribution is 7.80. The first-order valence-corrected chi connectivity index (χ1v) is 3.30. The van der Waals surface area contributed by atoms with Crippen molar-refractivity contribution in [3.8, 4) is 0 Å². The molecule has 2 rings (SSSR count). The lowest BCUT2D eigenvalue weighted by Gasteiger charge is -2.03. The third kappa shape index (κ3) is 0.688. The van der Waals surface area contributed by atoms with E-state index in [1.807, 2.05) is 0 Å². The van der Waals surface area contributed by atoms with Crippen LogP contribution in [0.4, 0.5) is 4.79 Å². The Kier molecular flexibility index (Phi) is 0.986. The summed E-state index contributed by atoms with van der Waals surface area (Å²) in [7, 11) is 0. The van der Waals surface area contributed by atoms with Crippen LogP contribution in [0.1, 0.15) is 0 Å². The number of hydrogen-bond acceptors (Lipinski definition) is 2. The monoisotopic (exact) mass is 158 g/mol. The second-order valence-electron chi connectivity index (χ2n) is 2.19. The molecule has 0 bridgehead atoms. The lowest BCUT2D eigenvalue weighted by molar-refractivity contribution is 0.246. The van der Waals surface area contributed by atoms with Crippen molar-refractivity contribution in [2.24, 2.45) is 0 Å². The molecule has 0 radical (unpaired) electrons. The molecule has 0 unspecified atom stereocenters. The molecule has 6 heteroatoms. The zero-order valence-electron chi connectivity index (χ0n) is 4.97. The van der Waals surface area contributed by atoms with E-state index in [1.165, 1.54) is 0 Å². The fraction of sp³-hybridized carbons (Fsp3) is 0.500. The maximum Gasteiger partial charge on any atom is 0.318 e. The number of nitrogens with one attached hydrogen (secondary N) is 4. The smallest absolute Gasteiger partial charge is 0.318 e. The van der Waals surface area contributed by atoms with Crippen molar-refractivity contribution in [3.05, 3.63) is 0 Å². The zero-order valence-corrected chi connectivity index (χ0v) is 5.79. The van der Waals surface area contributed by atoms with E-state index in [0.717, 1.165) is 0 Å². The van der Waals surface area contributed by atoms with Crippen molar-refractivity contribution in [2.45, 2.75) is 12.3 Å². The Labute approximate surface area is 62.5 Å². The molecule has 2 fully saturated rings. The van der Waals surface area contributed by atoms with Gasteiger partial charge in [-0.15, -0.1) is 0 Å². The van der Waals surface area contributed by atoms with Crippen molar-refractivity contribution < 1.29 is 4.79 Å². The van der Waals surface area contributed by atoms with Crippen molar-refractivity contribution in [3.63, 3.8) is 0 Å². The summed E-state index contributed by atoms with van der Waals surface area (Å²) in [5.41, 5.74) is 0. The van der Waals surface area contributed by atoms with Crippen LogP contribution in [0.15, 0.2) is 0 Å². The fourth-order valence-corrected chi connectivity index (χ4v) is 1.31. The summed E-state index contributed by atoms with van der Waals surface area (Å²) >= 11 is 4.80. The van der Waals surface area contributed by atoms with E-state index in [0.29, 0.717) is 5.11 Å². The van der Waals surface area contributed by atoms with Gasteiger partial charge in [-0.05, 0) is 12.2 Å². The summed E-state index contributed by atoms with van der Waals surface area (Å²) in [6.45, 7) is 0. The average molecular weight is 158 g/mol. The summed E-state index contributed by atoms with van der Waals surface area (Å²) in [6, 6.07) is -0.169. The quantitative estimate of drug-likeness (QED) is 0.322. The number of fused-ring (bicyclic) bond motifs is 1. The van der Waals surface area contributed by atoms with Crippen LogP contribution in [-0.4, -0.2) is 23.5 Å². The van der Waals surface area contributed by atoms with Gasteiger partial charge in [-0.2, -0.15) is 0 Å². The van der Waals surface area contributed by atoms with Gasteiger partial charge in [0.2, 0.25) is 0 Å². The molecule has 2 saturated heterocycles. The van der Waals surface area contributed by atoms with E-state index in [-0.39, 0.29) is 18.4 Å². The highest BCUT2D eigenvalue weighted by Crippen LogP contribution is 2.00. The molecule has 0 spiro atoms. The number of hydrogen-bond donors (Lipinski definition) is 4. The van der Waals surface area contributed by atoms with Gasteiger partial charge in [0.05, 0.1) is 0 Å². The molecule has 0 aromatic heterocycles. The molecular weight excluding hydrogens is 152 g/mol. The van der Waals surface area contributed by atoms with E-state index in [1.54, 1.807) is 0 Å². The Bertz CT molecular complexity index is 167. The minimum atomic E-state index is -0.169. The zero-order chi connectivity index (χ0) is 7.14. The lowest BCUT2D eigenvalue weighted by atomic mass is 10.4. The Morgan fingerprint density at radius 1 is 1.10 bits per heavy atom. The van der Waals surface area contributed by atoms with Crippen LogP contribution in [0.3, 0.4) is 0 Å². The first-order valence-electron chi connectivity index (χ1n) is 2.90. The molecule has 0 saturated carbocycles. The van der Waals surface area contributed by atoms with Crippen LogP contribution in [0.2, 0.25) is 0 Å². The predicted octanol–water partition coefficient (Wildman–Crippen LogP) is -1.57. The third-order valence-corrected chi connectivity index (χ3v) is 1.72. The Morgan fingerprint density at radius 3 is 2.10 bits per heavy atom. The molecule has 2 aliphatic rings. The largest absolute Gasteiger partial charge is 0.339 e. The number of amides is 2. The van der Waals surface area contributed by atoms with Gasteiger partial charge in [-0.1, -0.05) is 0 Å². The highest BCUT2D eigenvalue weighted by atomic mass is 32.1. The van der Waals surface area contributed by atoms with Crippen LogP contribution in [0.25, 0.3) is 0 Å². The number of rotatable bonds is 0. The van der Waals surface area contributed by atoms with Crippen LogP contribution in [0, 0.1) is 0 Å². The molecule has 0 aromatic carbocycles. The van der Waals surface area contributed by atoms with Gasteiger partial charge in [0, 0.05) is 0 Å². The van der Waals surface area contributed by atoms with E-state index in [2.05, 4.69) is 21.3 Å². The van der Waals surface area contributed by atoms with E-state index in [9.17, 15) is 4.79 Å². The minimum Gasteiger partial charge on any atom is -0.339 e. The van der Waals surface area contributed by atoms with Crippen molar-refractivity contribution in [1.29, 1.82) is 0 Å². The molecule has 4 N–H and O–H groups in total. The summed E-state index contributed by atoms with van der Waals surface area (Å²) in [4.78, 5) is 10.6. The number of carbonyl (C=O) groups is 1. The van der Waals surface area contributed by atoms with E-state index in [4.69, 9.17) is 12.2 Å². The summed E-state index contributed by atoms with van der Waals surface area (Å²) in [5, 5.41) is 11.6. The van der Waals surface area contributed by atoms with Crippen molar-refractivity contribution >= 4 is 23.4 Å². The maximum absolute atomic E-state index is 10.6. The molecule has 2 heterocycles. The first kappa shape index (κ1) is 5.72. The Morgan fingerprint density at radius 2 is 1.60 bits per heavy atom. The van der Waals surface area contributed by atoms with Crippen LogP contribution in [0.5, 0.6) is 0 Å². The highest BCUT2D eigenvalue weighted by Gasteiger charge is 2.37. The van der Waals surface area contributed by atoms with Crippen LogP contribution < -0.4 is 21.3 Å². The second-order valence-corrected chi connectivity index (χ2v) is 2.60. The summed E-state index contributed by atoms with van der Waals surface area (Å²) < 4.78 is 0. The normalized spacial score (nSPS) is 35.6. The Hall–Kier alpha value is -1.04. The third-order valence-electron chi connectivity index (χ3n) is 1.48. The van der Waals surface area contributed by atoms with Crippen LogP contribution >= 0.6 is 12.2 Å². The molecule has 54 valence electrons. The van der Waals surface area contributed by atoms with Gasteiger partial charge >= 0.3 is 6.03 Å². The van der Waals surface area contributed by atoms with Gasteiger partial charge in [-0.3, -0.25) is 0 Å². The number of thiocarbonyl (C=S) groups is 1. The van der Waals surface area contributed by atoms with E-state index < -0.39 is 0 Å². The van der Waals surface area contributed by atoms with Crippen LogP contribution in [-0.2, 0) is 0 Å². The molecule has 0 aliphatic carbocycles. The molecule has 5 nitrogen and oxygen atoms in total. The molecule has 10 heavy (non-hydrogen) atoms. The maximum atomic E-state index is 10.6. The summed E-state index contributed by atoms with van der Waals surface area (Å²) in [6.07, 6.45) is -0.167. The SMILES string of the molecule is O=C1N[C@H]2NC(=S)N[C@@H]2N1. The molecule has 0 aromatic rings. The van der Waals surface area contributed by atoms with Crippen molar-refractivity contribution in [1.82, 2.24) is 21.3 Å². The van der Waals surface area contributed by atoms with E-state index >= 15 is 0 Å². The second kappa shape index (κ2) is 1.72. The minimum absolute atomic E-state index is 0.0833. The average Bonchev–Trinajstić information content (AvgIpc) is 2.21. The summed E-state index contributed by atoms with van der Waals surface area (Å²) in [5.74, 6) is 0. The topological polar surface area (TPSA) is 65.2 Å². The van der Waals surface area contributed by atoms with Gasteiger partial charge in [0.1, 0.15) is 12.3 Å². The van der Waals surface area contributed by atoms with Gasteiger partial charge in [0.25, 0.3) is 0 Å². The number of urea groups is 1. The first-order chi connectivity index (χ1) is 4.75. The fourth-order valence-electron chi connectivity index (χ4n) is 1.05. The molecule has 2 atom stereocenters. The predicted molar refractivity (Wildman–Crippen MR) is 38.1 cm³/mol. The van der Waals surface area contributed by atoms with Gasteiger partial charge < -0.3 is 21.3 Å². The Balaban J connectivity index is 2.12. The molecule has 2 aliphatic heterocycles.